The van der Waals surface area contributed by atoms with E-state index in [2.05, 4.69) is 13.8 Å². The van der Waals surface area contributed by atoms with Crippen LogP contribution >= 0.6 is 0 Å². The van der Waals surface area contributed by atoms with Crippen LogP contribution in [0.3, 0.4) is 0 Å². The van der Waals surface area contributed by atoms with E-state index in [0.717, 1.165) is 25.3 Å². The Bertz CT molecular complexity index is 98.3. The van der Waals surface area contributed by atoms with Crippen LogP contribution in [0.2, 0.25) is 0 Å². The van der Waals surface area contributed by atoms with Crippen molar-refractivity contribution in [2.45, 2.75) is 58.4 Å². The van der Waals surface area contributed by atoms with Gasteiger partial charge in [-0.25, -0.2) is 0 Å². The van der Waals surface area contributed by atoms with Crippen molar-refractivity contribution in [2.75, 3.05) is 6.54 Å². The summed E-state index contributed by atoms with van der Waals surface area (Å²) in [5, 5.41) is 0. The van der Waals surface area contributed by atoms with E-state index < -0.39 is 0 Å². The van der Waals surface area contributed by atoms with E-state index in [9.17, 15) is 0 Å². The molecule has 0 aliphatic rings. The quantitative estimate of drug-likeness (QED) is 0.611. The first-order chi connectivity index (χ1) is 6.26. The molecule has 0 bridgehead atoms. The summed E-state index contributed by atoms with van der Waals surface area (Å²) in [6.45, 7) is 5.25. The average Bonchev–Trinajstić information content (AvgIpc) is 2.14. The minimum Gasteiger partial charge on any atom is -0.330 e. The molecule has 0 radical (unpaired) electrons. The van der Waals surface area contributed by atoms with Gasteiger partial charge in [0.05, 0.1) is 0 Å². The zero-order chi connectivity index (χ0) is 10.1. The molecule has 0 fully saturated rings. The van der Waals surface area contributed by atoms with Crippen LogP contribution in [0, 0.1) is 5.92 Å². The standard InChI is InChI=1S/C11H26N2/c1-3-6-10(7-4-2)11(13)8-5-9-12/h10-11H,3-9,12-13H2,1-2H3. The molecule has 80 valence electrons. The number of nitrogens with two attached hydrogens (primary N) is 2. The molecule has 4 N–H and O–H groups in total. The van der Waals surface area contributed by atoms with Crippen molar-refractivity contribution in [3.8, 4) is 0 Å². The Balaban J connectivity index is 3.72. The van der Waals surface area contributed by atoms with Crippen molar-refractivity contribution < 1.29 is 0 Å². The van der Waals surface area contributed by atoms with Crippen LogP contribution in [-0.4, -0.2) is 12.6 Å². The first-order valence-corrected chi connectivity index (χ1v) is 5.71. The largest absolute Gasteiger partial charge is 0.330 e. The Labute approximate surface area is 83.1 Å². The molecule has 0 rings (SSSR count). The van der Waals surface area contributed by atoms with Gasteiger partial charge in [0, 0.05) is 6.04 Å². The van der Waals surface area contributed by atoms with Crippen LogP contribution in [0.4, 0.5) is 0 Å². The van der Waals surface area contributed by atoms with E-state index in [1.807, 2.05) is 0 Å². The lowest BCUT2D eigenvalue weighted by Crippen LogP contribution is -2.30. The SMILES string of the molecule is CCCC(CCC)C(N)CCCN. The third-order valence-electron chi connectivity index (χ3n) is 2.67. The number of rotatable bonds is 8. The van der Waals surface area contributed by atoms with Gasteiger partial charge in [0.15, 0.2) is 0 Å². The Kier molecular flexibility index (Phi) is 8.46. The lowest BCUT2D eigenvalue weighted by atomic mass is 9.88. The van der Waals surface area contributed by atoms with Crippen LogP contribution in [0.5, 0.6) is 0 Å². The Morgan fingerprint density at radius 2 is 1.54 bits per heavy atom. The van der Waals surface area contributed by atoms with Gasteiger partial charge in [-0.15, -0.1) is 0 Å². The van der Waals surface area contributed by atoms with Gasteiger partial charge in [0.1, 0.15) is 0 Å². The summed E-state index contributed by atoms with van der Waals surface area (Å²) in [7, 11) is 0. The Morgan fingerprint density at radius 1 is 1.00 bits per heavy atom. The summed E-state index contributed by atoms with van der Waals surface area (Å²) in [6.07, 6.45) is 7.23. The molecule has 0 heterocycles. The molecule has 13 heavy (non-hydrogen) atoms. The highest BCUT2D eigenvalue weighted by molar-refractivity contribution is 4.72. The second kappa shape index (κ2) is 8.52. The molecule has 0 aromatic rings. The number of hydrogen-bond donors (Lipinski definition) is 2. The molecule has 0 spiro atoms. The van der Waals surface area contributed by atoms with Gasteiger partial charge in [0.25, 0.3) is 0 Å². The fourth-order valence-corrected chi connectivity index (χ4v) is 1.90. The summed E-state index contributed by atoms with van der Waals surface area (Å²) in [5.41, 5.74) is 11.6. The van der Waals surface area contributed by atoms with E-state index in [-0.39, 0.29) is 0 Å². The summed E-state index contributed by atoms with van der Waals surface area (Å²) < 4.78 is 0. The summed E-state index contributed by atoms with van der Waals surface area (Å²) >= 11 is 0. The summed E-state index contributed by atoms with van der Waals surface area (Å²) in [5.74, 6) is 0.724. The fourth-order valence-electron chi connectivity index (χ4n) is 1.90. The van der Waals surface area contributed by atoms with E-state index in [1.54, 1.807) is 0 Å². The van der Waals surface area contributed by atoms with Gasteiger partial charge in [-0.05, 0) is 38.1 Å². The minimum absolute atomic E-state index is 0.378. The predicted molar refractivity (Wildman–Crippen MR) is 59.6 cm³/mol. The summed E-state index contributed by atoms with van der Waals surface area (Å²) in [4.78, 5) is 0. The van der Waals surface area contributed by atoms with E-state index in [0.29, 0.717) is 6.04 Å². The van der Waals surface area contributed by atoms with Gasteiger partial charge >= 0.3 is 0 Å². The molecule has 0 aromatic heterocycles. The Hall–Kier alpha value is -0.0800. The summed E-state index contributed by atoms with van der Waals surface area (Å²) in [6, 6.07) is 0.378. The highest BCUT2D eigenvalue weighted by atomic mass is 14.6. The first kappa shape index (κ1) is 12.9. The van der Waals surface area contributed by atoms with E-state index >= 15 is 0 Å². The van der Waals surface area contributed by atoms with Crippen molar-refractivity contribution in [2.24, 2.45) is 17.4 Å². The zero-order valence-electron chi connectivity index (χ0n) is 9.26. The van der Waals surface area contributed by atoms with Crippen LogP contribution in [-0.2, 0) is 0 Å². The van der Waals surface area contributed by atoms with Crippen molar-refractivity contribution in [3.05, 3.63) is 0 Å². The molecular weight excluding hydrogens is 160 g/mol. The monoisotopic (exact) mass is 186 g/mol. The third kappa shape index (κ3) is 6.05. The molecule has 0 aliphatic heterocycles. The van der Waals surface area contributed by atoms with Gasteiger partial charge in [0.2, 0.25) is 0 Å². The molecule has 0 saturated carbocycles. The maximum atomic E-state index is 6.12. The van der Waals surface area contributed by atoms with Crippen LogP contribution in [0.15, 0.2) is 0 Å². The van der Waals surface area contributed by atoms with Gasteiger partial charge in [-0.2, -0.15) is 0 Å². The number of hydrogen-bond acceptors (Lipinski definition) is 2. The predicted octanol–water partition coefficient (Wildman–Crippen LogP) is 2.27. The van der Waals surface area contributed by atoms with E-state index in [4.69, 9.17) is 11.5 Å². The maximum Gasteiger partial charge on any atom is 0.00676 e. The van der Waals surface area contributed by atoms with Gasteiger partial charge in [-0.1, -0.05) is 26.7 Å². The highest BCUT2D eigenvalue weighted by Crippen LogP contribution is 2.19. The highest BCUT2D eigenvalue weighted by Gasteiger charge is 2.14. The molecule has 2 heteroatoms. The van der Waals surface area contributed by atoms with Crippen molar-refractivity contribution in [3.63, 3.8) is 0 Å². The minimum atomic E-state index is 0.378. The van der Waals surface area contributed by atoms with Crippen molar-refractivity contribution in [1.29, 1.82) is 0 Å². The second-order valence-corrected chi connectivity index (χ2v) is 3.93. The molecule has 1 atom stereocenters. The zero-order valence-corrected chi connectivity index (χ0v) is 9.26. The fraction of sp³-hybridized carbons (Fsp3) is 1.00. The van der Waals surface area contributed by atoms with Gasteiger partial charge in [-0.3, -0.25) is 0 Å². The normalized spacial score (nSPS) is 13.6. The van der Waals surface area contributed by atoms with Gasteiger partial charge < -0.3 is 11.5 Å². The molecule has 2 nitrogen and oxygen atoms in total. The Morgan fingerprint density at radius 3 is 1.92 bits per heavy atom. The van der Waals surface area contributed by atoms with E-state index in [1.165, 1.54) is 25.7 Å². The molecule has 0 saturated heterocycles. The second-order valence-electron chi connectivity index (χ2n) is 3.93. The third-order valence-corrected chi connectivity index (χ3v) is 2.67. The molecule has 1 unspecified atom stereocenters. The van der Waals surface area contributed by atoms with Crippen LogP contribution < -0.4 is 11.5 Å². The van der Waals surface area contributed by atoms with Crippen molar-refractivity contribution in [1.82, 2.24) is 0 Å². The topological polar surface area (TPSA) is 52.0 Å². The molecule has 0 amide bonds. The smallest absolute Gasteiger partial charge is 0.00676 e. The van der Waals surface area contributed by atoms with Crippen LogP contribution in [0.1, 0.15) is 52.4 Å². The lowest BCUT2D eigenvalue weighted by Gasteiger charge is -2.22. The first-order valence-electron chi connectivity index (χ1n) is 5.71. The molecule has 0 aliphatic carbocycles. The lowest BCUT2D eigenvalue weighted by molar-refractivity contribution is 0.343. The average molecular weight is 186 g/mol. The maximum absolute atomic E-state index is 6.12. The van der Waals surface area contributed by atoms with Crippen LogP contribution in [0.25, 0.3) is 0 Å². The molecule has 0 aromatic carbocycles. The van der Waals surface area contributed by atoms with Crippen molar-refractivity contribution >= 4 is 0 Å². The molecular formula is C11H26N2.